The molecule has 0 unspecified atom stereocenters. The lowest BCUT2D eigenvalue weighted by Crippen LogP contribution is -2.27. The minimum Gasteiger partial charge on any atom is -0.489 e. The quantitative estimate of drug-likeness (QED) is 0.606. The third-order valence-electron chi connectivity index (χ3n) is 3.09. The second kappa shape index (κ2) is 8.33. The molecule has 0 saturated carbocycles. The number of nitrogens with one attached hydrogen (secondary N) is 1. The zero-order valence-electron chi connectivity index (χ0n) is 12.9. The van der Waals surface area contributed by atoms with Gasteiger partial charge in [-0.2, -0.15) is 0 Å². The van der Waals surface area contributed by atoms with Gasteiger partial charge in [-0.3, -0.25) is 4.79 Å². The van der Waals surface area contributed by atoms with Crippen LogP contribution < -0.4 is 10.1 Å². The Morgan fingerprint density at radius 1 is 1.08 bits per heavy atom. The van der Waals surface area contributed by atoms with E-state index in [-0.39, 0.29) is 5.70 Å². The van der Waals surface area contributed by atoms with E-state index in [9.17, 15) is 14.7 Å². The Kier molecular flexibility index (Phi) is 5.91. The first-order chi connectivity index (χ1) is 11.6. The van der Waals surface area contributed by atoms with Crippen LogP contribution in [0.5, 0.6) is 5.75 Å². The van der Waals surface area contributed by atoms with Crippen LogP contribution in [0.2, 0.25) is 0 Å². The van der Waals surface area contributed by atoms with E-state index in [1.165, 1.54) is 6.08 Å². The average molecular weight is 323 g/mol. The van der Waals surface area contributed by atoms with Crippen molar-refractivity contribution in [1.82, 2.24) is 5.32 Å². The number of amides is 1. The molecule has 0 spiro atoms. The number of carboxylic acids is 1. The topological polar surface area (TPSA) is 75.6 Å². The standard InChI is InChI=1S/C19H17NO4/c1-2-12-24-17-11-7-6-10-15(17)13-16(19(22)23)20-18(21)14-8-4-3-5-9-14/h2-11,13H,1,12H2,(H,20,21)(H,22,23). The van der Waals surface area contributed by atoms with Crippen molar-refractivity contribution in [2.45, 2.75) is 0 Å². The van der Waals surface area contributed by atoms with Gasteiger partial charge >= 0.3 is 5.97 Å². The van der Waals surface area contributed by atoms with E-state index in [1.807, 2.05) is 0 Å². The predicted octanol–water partition coefficient (Wildman–Crippen LogP) is 3.11. The molecule has 5 nitrogen and oxygen atoms in total. The van der Waals surface area contributed by atoms with Crippen LogP contribution in [0.1, 0.15) is 15.9 Å². The Bertz CT molecular complexity index is 766. The summed E-state index contributed by atoms with van der Waals surface area (Å²) in [6.45, 7) is 3.87. The number of hydrogen-bond donors (Lipinski definition) is 2. The van der Waals surface area contributed by atoms with Crippen LogP contribution in [0, 0.1) is 0 Å². The van der Waals surface area contributed by atoms with Gasteiger partial charge in [0.1, 0.15) is 18.1 Å². The van der Waals surface area contributed by atoms with Crippen LogP contribution in [0.3, 0.4) is 0 Å². The van der Waals surface area contributed by atoms with E-state index in [2.05, 4.69) is 11.9 Å². The van der Waals surface area contributed by atoms with Crippen molar-refractivity contribution in [1.29, 1.82) is 0 Å². The molecule has 2 aromatic carbocycles. The highest BCUT2D eigenvalue weighted by atomic mass is 16.5. The minimum atomic E-state index is -1.24. The zero-order valence-corrected chi connectivity index (χ0v) is 12.9. The summed E-state index contributed by atoms with van der Waals surface area (Å²) < 4.78 is 5.49. The number of benzene rings is 2. The van der Waals surface area contributed by atoms with Crippen molar-refractivity contribution in [3.05, 3.63) is 84.1 Å². The summed E-state index contributed by atoms with van der Waals surface area (Å²) in [4.78, 5) is 23.6. The van der Waals surface area contributed by atoms with E-state index in [0.717, 1.165) is 0 Å². The van der Waals surface area contributed by atoms with Crippen molar-refractivity contribution >= 4 is 18.0 Å². The van der Waals surface area contributed by atoms with E-state index in [0.29, 0.717) is 23.5 Å². The Morgan fingerprint density at radius 3 is 2.42 bits per heavy atom. The maximum atomic E-state index is 12.1. The molecular formula is C19H17NO4. The molecule has 1 amide bonds. The molecule has 0 aromatic heterocycles. The lowest BCUT2D eigenvalue weighted by molar-refractivity contribution is -0.132. The number of ether oxygens (including phenoxy) is 1. The SMILES string of the molecule is C=CCOc1ccccc1C=C(NC(=O)c1ccccc1)C(=O)O. The van der Waals surface area contributed by atoms with E-state index in [1.54, 1.807) is 60.7 Å². The molecule has 0 bridgehead atoms. The van der Waals surface area contributed by atoms with Gasteiger partial charge in [0, 0.05) is 11.1 Å². The first kappa shape index (κ1) is 17.0. The van der Waals surface area contributed by atoms with Gasteiger partial charge in [-0.1, -0.05) is 49.1 Å². The molecule has 0 saturated heterocycles. The van der Waals surface area contributed by atoms with Gasteiger partial charge in [0.15, 0.2) is 0 Å². The molecule has 5 heteroatoms. The van der Waals surface area contributed by atoms with Gasteiger partial charge in [-0.15, -0.1) is 0 Å². The van der Waals surface area contributed by atoms with Crippen LogP contribution in [-0.4, -0.2) is 23.6 Å². The van der Waals surface area contributed by atoms with Gasteiger partial charge in [0.2, 0.25) is 0 Å². The highest BCUT2D eigenvalue weighted by Gasteiger charge is 2.14. The van der Waals surface area contributed by atoms with Gasteiger partial charge in [-0.25, -0.2) is 4.79 Å². The molecule has 0 fully saturated rings. The number of para-hydroxylation sites is 1. The fourth-order valence-corrected chi connectivity index (χ4v) is 1.97. The molecular weight excluding hydrogens is 306 g/mol. The summed E-state index contributed by atoms with van der Waals surface area (Å²) >= 11 is 0. The van der Waals surface area contributed by atoms with E-state index in [4.69, 9.17) is 4.74 Å². The fourth-order valence-electron chi connectivity index (χ4n) is 1.97. The second-order valence-corrected chi connectivity index (χ2v) is 4.82. The highest BCUT2D eigenvalue weighted by Crippen LogP contribution is 2.20. The molecule has 0 aliphatic carbocycles. The van der Waals surface area contributed by atoms with Gasteiger partial charge in [-0.05, 0) is 24.3 Å². The zero-order chi connectivity index (χ0) is 17.4. The smallest absolute Gasteiger partial charge is 0.352 e. The van der Waals surface area contributed by atoms with Crippen LogP contribution in [-0.2, 0) is 4.79 Å². The van der Waals surface area contributed by atoms with Crippen LogP contribution >= 0.6 is 0 Å². The molecule has 0 atom stereocenters. The highest BCUT2D eigenvalue weighted by molar-refractivity contribution is 6.02. The average Bonchev–Trinajstić information content (AvgIpc) is 2.61. The number of carbonyl (C=O) groups excluding carboxylic acids is 1. The van der Waals surface area contributed by atoms with Crippen LogP contribution in [0.4, 0.5) is 0 Å². The summed E-state index contributed by atoms with van der Waals surface area (Å²) in [6.07, 6.45) is 2.96. The fraction of sp³-hybridized carbons (Fsp3) is 0.0526. The van der Waals surface area contributed by atoms with Crippen molar-refractivity contribution in [2.24, 2.45) is 0 Å². The Hall–Kier alpha value is -3.34. The molecule has 2 aromatic rings. The third-order valence-corrected chi connectivity index (χ3v) is 3.09. The monoisotopic (exact) mass is 323 g/mol. The lowest BCUT2D eigenvalue weighted by atomic mass is 10.1. The molecule has 0 aliphatic rings. The van der Waals surface area contributed by atoms with Crippen molar-refractivity contribution < 1.29 is 19.4 Å². The summed E-state index contributed by atoms with van der Waals surface area (Å²) in [6, 6.07) is 15.4. The molecule has 24 heavy (non-hydrogen) atoms. The van der Waals surface area contributed by atoms with Crippen molar-refractivity contribution in [3.8, 4) is 5.75 Å². The minimum absolute atomic E-state index is 0.237. The van der Waals surface area contributed by atoms with Crippen LogP contribution in [0.25, 0.3) is 6.08 Å². The van der Waals surface area contributed by atoms with E-state index >= 15 is 0 Å². The normalized spacial score (nSPS) is 10.8. The maximum Gasteiger partial charge on any atom is 0.352 e. The lowest BCUT2D eigenvalue weighted by Gasteiger charge is -2.09. The summed E-state index contributed by atoms with van der Waals surface area (Å²) in [5.41, 5.74) is 0.685. The number of carboxylic acid groups (broad SMARTS) is 1. The number of rotatable bonds is 7. The molecule has 122 valence electrons. The molecule has 2 N–H and O–H groups in total. The molecule has 0 heterocycles. The van der Waals surface area contributed by atoms with Crippen LogP contribution in [0.15, 0.2) is 72.9 Å². The molecule has 0 radical (unpaired) electrons. The largest absolute Gasteiger partial charge is 0.489 e. The van der Waals surface area contributed by atoms with Gasteiger partial charge in [0.25, 0.3) is 5.91 Å². The number of carbonyl (C=O) groups is 2. The summed E-state index contributed by atoms with van der Waals surface area (Å²) in [5, 5.41) is 11.8. The Morgan fingerprint density at radius 2 is 1.75 bits per heavy atom. The van der Waals surface area contributed by atoms with Crippen molar-refractivity contribution in [3.63, 3.8) is 0 Å². The predicted molar refractivity (Wildman–Crippen MR) is 91.7 cm³/mol. The molecule has 2 rings (SSSR count). The van der Waals surface area contributed by atoms with Gasteiger partial charge < -0.3 is 15.2 Å². The van der Waals surface area contributed by atoms with E-state index < -0.39 is 11.9 Å². The first-order valence-electron chi connectivity index (χ1n) is 7.26. The maximum absolute atomic E-state index is 12.1. The summed E-state index contributed by atoms with van der Waals surface area (Å²) in [5.74, 6) is -1.23. The van der Waals surface area contributed by atoms with Crippen molar-refractivity contribution in [2.75, 3.05) is 6.61 Å². The van der Waals surface area contributed by atoms with Gasteiger partial charge in [0.05, 0.1) is 0 Å². The molecule has 0 aliphatic heterocycles. The first-order valence-corrected chi connectivity index (χ1v) is 7.26. The Labute approximate surface area is 139 Å². The number of hydrogen-bond acceptors (Lipinski definition) is 3. The summed E-state index contributed by atoms with van der Waals surface area (Å²) in [7, 11) is 0. The Balaban J connectivity index is 2.28. The number of aliphatic carboxylic acids is 1. The second-order valence-electron chi connectivity index (χ2n) is 4.82. The third kappa shape index (κ3) is 4.58.